The molecule has 0 spiro atoms. The number of aromatic nitrogens is 2. The van der Waals surface area contributed by atoms with E-state index in [4.69, 9.17) is 23.8 Å². The highest BCUT2D eigenvalue weighted by Gasteiger charge is 2.40. The largest absolute Gasteiger partial charge is 0.352 e. The molecule has 0 unspecified atom stereocenters. The van der Waals surface area contributed by atoms with Crippen LogP contribution < -0.4 is 5.32 Å². The Balaban J connectivity index is 1.72. The first-order valence-corrected chi connectivity index (χ1v) is 9.46. The summed E-state index contributed by atoms with van der Waals surface area (Å²) in [6, 6.07) is 15.8. The van der Waals surface area contributed by atoms with Crippen molar-refractivity contribution in [3.8, 4) is 0 Å². The molecule has 4 rings (SSSR count). The standard InChI is InChI=1S/C18H15ClN4S2/c19-15-8-7-14(25-15)17-16(13-6-2-4-10-21-13)22-18(24)23(17)11-12-5-1-3-9-20-12/h1-10,16-17H,11H2,(H,22,24)/t16-,17+/m0/s1. The van der Waals surface area contributed by atoms with Crippen LogP contribution in [0.5, 0.6) is 0 Å². The molecule has 3 aromatic heterocycles. The lowest BCUT2D eigenvalue weighted by atomic mass is 10.0. The van der Waals surface area contributed by atoms with Crippen LogP contribution in [-0.4, -0.2) is 20.0 Å². The Morgan fingerprint density at radius 2 is 1.88 bits per heavy atom. The van der Waals surface area contributed by atoms with Crippen molar-refractivity contribution in [3.05, 3.63) is 81.5 Å². The van der Waals surface area contributed by atoms with Crippen LogP contribution in [0.15, 0.2) is 60.9 Å². The van der Waals surface area contributed by atoms with Gasteiger partial charge in [0.05, 0.1) is 34.4 Å². The second-order valence-corrected chi connectivity index (χ2v) is 7.85. The number of hydrogen-bond donors (Lipinski definition) is 1. The monoisotopic (exact) mass is 386 g/mol. The SMILES string of the molecule is S=C1N[C@@H](c2ccccn2)[C@@H](c2ccc(Cl)s2)N1Cc1ccccn1. The van der Waals surface area contributed by atoms with Crippen LogP contribution in [0.3, 0.4) is 0 Å². The lowest BCUT2D eigenvalue weighted by Gasteiger charge is -2.26. The molecule has 4 nitrogen and oxygen atoms in total. The Kier molecular flexibility index (Phi) is 4.65. The molecule has 0 radical (unpaired) electrons. The van der Waals surface area contributed by atoms with Gasteiger partial charge in [-0.1, -0.05) is 23.7 Å². The van der Waals surface area contributed by atoms with Gasteiger partial charge in [-0.15, -0.1) is 11.3 Å². The summed E-state index contributed by atoms with van der Waals surface area (Å²) in [5.41, 5.74) is 1.93. The first-order valence-electron chi connectivity index (χ1n) is 7.85. The van der Waals surface area contributed by atoms with Crippen molar-refractivity contribution < 1.29 is 0 Å². The summed E-state index contributed by atoms with van der Waals surface area (Å²) in [4.78, 5) is 12.3. The fraction of sp³-hybridized carbons (Fsp3) is 0.167. The zero-order chi connectivity index (χ0) is 17.2. The van der Waals surface area contributed by atoms with Crippen LogP contribution in [0.4, 0.5) is 0 Å². The molecule has 0 aromatic carbocycles. The molecule has 1 N–H and O–H groups in total. The van der Waals surface area contributed by atoms with Crippen LogP contribution in [0.25, 0.3) is 0 Å². The fourth-order valence-corrected chi connectivity index (χ4v) is 4.55. The first kappa shape index (κ1) is 16.4. The maximum absolute atomic E-state index is 6.20. The summed E-state index contributed by atoms with van der Waals surface area (Å²) in [6.45, 7) is 0.635. The van der Waals surface area contributed by atoms with Gasteiger partial charge in [-0.3, -0.25) is 9.97 Å². The minimum atomic E-state index is -0.0212. The van der Waals surface area contributed by atoms with Gasteiger partial charge in [0.1, 0.15) is 0 Å². The van der Waals surface area contributed by atoms with Gasteiger partial charge in [-0.05, 0) is 48.6 Å². The molecular formula is C18H15ClN4S2. The maximum Gasteiger partial charge on any atom is 0.170 e. The lowest BCUT2D eigenvalue weighted by Crippen LogP contribution is -2.29. The molecule has 2 atom stereocenters. The van der Waals surface area contributed by atoms with Crippen LogP contribution >= 0.6 is 35.2 Å². The predicted molar refractivity (Wildman–Crippen MR) is 105 cm³/mol. The van der Waals surface area contributed by atoms with Crippen LogP contribution in [-0.2, 0) is 6.54 Å². The van der Waals surface area contributed by atoms with Crippen LogP contribution in [0, 0.1) is 0 Å². The van der Waals surface area contributed by atoms with Crippen LogP contribution in [0.2, 0.25) is 4.34 Å². The summed E-state index contributed by atoms with van der Waals surface area (Å²) >= 11 is 13.4. The predicted octanol–water partition coefficient (Wildman–Crippen LogP) is 4.36. The lowest BCUT2D eigenvalue weighted by molar-refractivity contribution is 0.312. The van der Waals surface area contributed by atoms with E-state index in [1.807, 2.05) is 42.5 Å². The summed E-state index contributed by atoms with van der Waals surface area (Å²) < 4.78 is 0.769. The van der Waals surface area contributed by atoms with Gasteiger partial charge in [-0.25, -0.2) is 0 Å². The zero-order valence-corrected chi connectivity index (χ0v) is 15.6. The summed E-state index contributed by atoms with van der Waals surface area (Å²) in [6.07, 6.45) is 3.61. The number of nitrogens with zero attached hydrogens (tertiary/aromatic N) is 3. The minimum absolute atomic E-state index is 0.0212. The molecule has 0 amide bonds. The Morgan fingerprint density at radius 1 is 1.08 bits per heavy atom. The van der Waals surface area contributed by atoms with E-state index in [1.54, 1.807) is 23.7 Å². The number of hydrogen-bond acceptors (Lipinski definition) is 4. The van der Waals surface area contributed by atoms with E-state index in [0.717, 1.165) is 20.6 Å². The highest BCUT2D eigenvalue weighted by molar-refractivity contribution is 7.80. The van der Waals surface area contributed by atoms with Gasteiger partial charge in [0, 0.05) is 17.3 Å². The van der Waals surface area contributed by atoms with E-state index in [2.05, 4.69) is 26.3 Å². The molecule has 3 aromatic rings. The molecule has 1 aliphatic heterocycles. The van der Waals surface area contributed by atoms with E-state index < -0.39 is 0 Å². The Bertz CT molecular complexity index is 869. The van der Waals surface area contributed by atoms with E-state index in [0.29, 0.717) is 11.7 Å². The van der Waals surface area contributed by atoms with E-state index in [9.17, 15) is 0 Å². The number of thiophene rings is 1. The fourth-order valence-electron chi connectivity index (χ4n) is 3.04. The van der Waals surface area contributed by atoms with E-state index in [-0.39, 0.29) is 12.1 Å². The Hall–Kier alpha value is -2.02. The highest BCUT2D eigenvalue weighted by Crippen LogP contribution is 2.42. The van der Waals surface area contributed by atoms with Gasteiger partial charge >= 0.3 is 0 Å². The van der Waals surface area contributed by atoms with Crippen molar-refractivity contribution in [3.63, 3.8) is 0 Å². The zero-order valence-electron chi connectivity index (χ0n) is 13.2. The number of pyridine rings is 2. The van der Waals surface area contributed by atoms with Gasteiger partial charge < -0.3 is 10.2 Å². The second-order valence-electron chi connectivity index (χ2n) is 5.72. The summed E-state index contributed by atoms with van der Waals surface area (Å²) in [7, 11) is 0. The van der Waals surface area contributed by atoms with Crippen LogP contribution in [0.1, 0.15) is 28.3 Å². The second kappa shape index (κ2) is 7.07. The molecule has 0 saturated carbocycles. The van der Waals surface area contributed by atoms with Crippen molar-refractivity contribution in [2.45, 2.75) is 18.6 Å². The molecule has 1 saturated heterocycles. The third-order valence-corrected chi connectivity index (χ3v) is 5.80. The van der Waals surface area contributed by atoms with Gasteiger partial charge in [0.15, 0.2) is 5.11 Å². The van der Waals surface area contributed by atoms with Crippen molar-refractivity contribution in [2.24, 2.45) is 0 Å². The molecule has 0 aliphatic carbocycles. The van der Waals surface area contributed by atoms with Gasteiger partial charge in [0.25, 0.3) is 0 Å². The Labute approximate surface area is 160 Å². The maximum atomic E-state index is 6.20. The summed E-state index contributed by atoms with van der Waals surface area (Å²) in [5.74, 6) is 0. The van der Waals surface area contributed by atoms with Crippen molar-refractivity contribution in [2.75, 3.05) is 0 Å². The first-order chi connectivity index (χ1) is 12.2. The molecule has 25 heavy (non-hydrogen) atoms. The average Bonchev–Trinajstić information content (AvgIpc) is 3.20. The normalized spacial score (nSPS) is 19.9. The number of thiocarbonyl (C=S) groups is 1. The van der Waals surface area contributed by atoms with Crippen molar-refractivity contribution >= 4 is 40.3 Å². The topological polar surface area (TPSA) is 41.1 Å². The van der Waals surface area contributed by atoms with E-state index >= 15 is 0 Å². The average molecular weight is 387 g/mol. The molecular weight excluding hydrogens is 372 g/mol. The molecule has 4 heterocycles. The third-order valence-electron chi connectivity index (χ3n) is 4.14. The quantitative estimate of drug-likeness (QED) is 0.674. The smallest absolute Gasteiger partial charge is 0.170 e. The molecule has 126 valence electrons. The number of rotatable bonds is 4. The minimum Gasteiger partial charge on any atom is -0.352 e. The molecule has 7 heteroatoms. The number of nitrogens with one attached hydrogen (secondary N) is 1. The van der Waals surface area contributed by atoms with Crippen molar-refractivity contribution in [1.29, 1.82) is 0 Å². The Morgan fingerprint density at radius 3 is 2.52 bits per heavy atom. The summed E-state index contributed by atoms with van der Waals surface area (Å²) in [5, 5.41) is 4.13. The van der Waals surface area contributed by atoms with Gasteiger partial charge in [0.2, 0.25) is 0 Å². The molecule has 1 fully saturated rings. The van der Waals surface area contributed by atoms with Crippen molar-refractivity contribution in [1.82, 2.24) is 20.2 Å². The van der Waals surface area contributed by atoms with Gasteiger partial charge in [-0.2, -0.15) is 0 Å². The highest BCUT2D eigenvalue weighted by atomic mass is 35.5. The number of halogens is 1. The van der Waals surface area contributed by atoms with E-state index in [1.165, 1.54) is 0 Å². The molecule has 0 bridgehead atoms. The molecule has 1 aliphatic rings. The third kappa shape index (κ3) is 3.38.